The van der Waals surface area contributed by atoms with Gasteiger partial charge in [-0.1, -0.05) is 13.8 Å². The van der Waals surface area contributed by atoms with Gasteiger partial charge in [-0.25, -0.2) is 0 Å². The summed E-state index contributed by atoms with van der Waals surface area (Å²) in [5.74, 6) is -2.18. The lowest BCUT2D eigenvalue weighted by molar-refractivity contribution is -0.166. The maximum absolute atomic E-state index is 12.2. The largest absolute Gasteiger partial charge is 0.468 e. The zero-order valence-electron chi connectivity index (χ0n) is 12.8. The third-order valence-electron chi connectivity index (χ3n) is 4.59. The molecular formula is C14H22O6. The third-order valence-corrected chi connectivity index (χ3v) is 4.59. The molecule has 0 unspecified atom stereocenters. The summed E-state index contributed by atoms with van der Waals surface area (Å²) in [5.41, 5.74) is -1.91. The Hall–Kier alpha value is -1.14. The van der Waals surface area contributed by atoms with E-state index >= 15 is 0 Å². The smallest absolute Gasteiger partial charge is 0.324 e. The molecular weight excluding hydrogens is 264 g/mol. The Morgan fingerprint density at radius 3 is 1.90 bits per heavy atom. The summed E-state index contributed by atoms with van der Waals surface area (Å²) in [7, 11) is 2.54. The minimum absolute atomic E-state index is 0.323. The molecule has 0 aromatic carbocycles. The van der Waals surface area contributed by atoms with E-state index in [2.05, 4.69) is 0 Å². The van der Waals surface area contributed by atoms with Crippen LogP contribution in [-0.2, 0) is 28.5 Å². The first-order valence-electron chi connectivity index (χ1n) is 6.63. The molecule has 0 N–H and O–H groups in total. The Morgan fingerprint density at radius 1 is 1.05 bits per heavy atom. The van der Waals surface area contributed by atoms with Crippen molar-refractivity contribution < 1.29 is 28.5 Å². The molecule has 2 fully saturated rings. The summed E-state index contributed by atoms with van der Waals surface area (Å²) in [6, 6.07) is 0. The van der Waals surface area contributed by atoms with Crippen LogP contribution in [0.5, 0.6) is 0 Å². The number of ether oxygens (including phenoxy) is 4. The van der Waals surface area contributed by atoms with Crippen molar-refractivity contribution in [3.8, 4) is 0 Å². The van der Waals surface area contributed by atoms with Gasteiger partial charge in [-0.3, -0.25) is 9.59 Å². The van der Waals surface area contributed by atoms with E-state index in [1.54, 1.807) is 13.8 Å². The molecule has 1 aliphatic carbocycles. The monoisotopic (exact) mass is 286 g/mol. The number of carbonyl (C=O) groups is 2. The van der Waals surface area contributed by atoms with Gasteiger partial charge in [-0.05, 0) is 19.3 Å². The van der Waals surface area contributed by atoms with Gasteiger partial charge >= 0.3 is 11.9 Å². The first-order valence-corrected chi connectivity index (χ1v) is 6.63. The van der Waals surface area contributed by atoms with Crippen molar-refractivity contribution in [3.63, 3.8) is 0 Å². The van der Waals surface area contributed by atoms with E-state index in [4.69, 9.17) is 18.9 Å². The Kier molecular flexibility index (Phi) is 3.38. The van der Waals surface area contributed by atoms with Gasteiger partial charge in [0, 0.05) is 5.92 Å². The fraction of sp³-hybridized carbons (Fsp3) is 0.857. The highest BCUT2D eigenvalue weighted by atomic mass is 16.7. The van der Waals surface area contributed by atoms with Crippen molar-refractivity contribution >= 4 is 11.9 Å². The molecule has 0 aromatic rings. The standard InChI is InChI=1S/C14H22O6/c1-12(2)9(8-7-19-13(3,4)20-8)14(12,10(15)17-5)11(16)18-6/h8-9H,7H2,1-6H3/t8-,9+/m1/s1. The fourth-order valence-corrected chi connectivity index (χ4v) is 3.61. The van der Waals surface area contributed by atoms with Gasteiger partial charge in [0.25, 0.3) is 0 Å². The lowest BCUT2D eigenvalue weighted by atomic mass is 9.96. The molecule has 0 bridgehead atoms. The quantitative estimate of drug-likeness (QED) is 0.572. The second-order valence-corrected chi connectivity index (χ2v) is 6.36. The van der Waals surface area contributed by atoms with Crippen LogP contribution < -0.4 is 0 Å². The van der Waals surface area contributed by atoms with E-state index < -0.39 is 28.6 Å². The lowest BCUT2D eigenvalue weighted by Gasteiger charge is -2.18. The second kappa shape index (κ2) is 4.43. The normalized spacial score (nSPS) is 32.5. The predicted molar refractivity (Wildman–Crippen MR) is 68.6 cm³/mol. The van der Waals surface area contributed by atoms with Crippen molar-refractivity contribution in [1.29, 1.82) is 0 Å². The maximum atomic E-state index is 12.2. The van der Waals surface area contributed by atoms with Gasteiger partial charge < -0.3 is 18.9 Å². The Balaban J connectivity index is 2.34. The summed E-state index contributed by atoms with van der Waals surface area (Å²) >= 11 is 0. The molecule has 1 saturated carbocycles. The zero-order valence-corrected chi connectivity index (χ0v) is 12.8. The van der Waals surface area contributed by atoms with Crippen molar-refractivity contribution in [3.05, 3.63) is 0 Å². The summed E-state index contributed by atoms with van der Waals surface area (Å²) in [6.07, 6.45) is -0.335. The van der Waals surface area contributed by atoms with Crippen LogP contribution in [0.1, 0.15) is 27.7 Å². The SMILES string of the molecule is COC(=O)C1(C(=O)OC)[C@@H]([C@H]2COC(C)(C)O2)C1(C)C. The molecule has 1 heterocycles. The van der Waals surface area contributed by atoms with Crippen LogP contribution in [0, 0.1) is 16.7 Å². The van der Waals surface area contributed by atoms with E-state index in [1.165, 1.54) is 14.2 Å². The van der Waals surface area contributed by atoms with Crippen LogP contribution in [0.3, 0.4) is 0 Å². The van der Waals surface area contributed by atoms with Crippen molar-refractivity contribution in [2.24, 2.45) is 16.7 Å². The molecule has 6 heteroatoms. The predicted octanol–water partition coefficient (Wildman–Crippen LogP) is 1.13. The van der Waals surface area contributed by atoms with Crippen LogP contribution in [0.2, 0.25) is 0 Å². The highest BCUT2D eigenvalue weighted by molar-refractivity contribution is 6.05. The number of methoxy groups -OCH3 is 2. The van der Waals surface area contributed by atoms with E-state index in [0.29, 0.717) is 6.61 Å². The van der Waals surface area contributed by atoms with Gasteiger partial charge in [-0.2, -0.15) is 0 Å². The van der Waals surface area contributed by atoms with Crippen LogP contribution >= 0.6 is 0 Å². The van der Waals surface area contributed by atoms with Crippen molar-refractivity contribution in [1.82, 2.24) is 0 Å². The van der Waals surface area contributed by atoms with Gasteiger partial charge in [0.2, 0.25) is 0 Å². The maximum Gasteiger partial charge on any atom is 0.324 e. The zero-order chi connectivity index (χ0) is 15.3. The van der Waals surface area contributed by atoms with Crippen LogP contribution in [0.15, 0.2) is 0 Å². The fourth-order valence-electron chi connectivity index (χ4n) is 3.61. The lowest BCUT2D eigenvalue weighted by Crippen LogP contribution is -2.35. The van der Waals surface area contributed by atoms with Gasteiger partial charge in [0.1, 0.15) is 0 Å². The van der Waals surface area contributed by atoms with Crippen molar-refractivity contribution in [2.45, 2.75) is 39.6 Å². The van der Waals surface area contributed by atoms with Gasteiger partial charge in [0.15, 0.2) is 11.2 Å². The summed E-state index contributed by atoms with van der Waals surface area (Å²) in [4.78, 5) is 24.4. The molecule has 0 amide bonds. The second-order valence-electron chi connectivity index (χ2n) is 6.36. The summed E-state index contributed by atoms with van der Waals surface area (Å²) in [5, 5.41) is 0. The Morgan fingerprint density at radius 2 is 1.55 bits per heavy atom. The highest BCUT2D eigenvalue weighted by Gasteiger charge is 2.84. The Bertz CT molecular complexity index is 423. The van der Waals surface area contributed by atoms with Crippen LogP contribution in [0.25, 0.3) is 0 Å². The molecule has 1 aliphatic heterocycles. The summed E-state index contributed by atoms with van der Waals surface area (Å²) in [6.45, 7) is 7.65. The van der Waals surface area contributed by atoms with Crippen molar-refractivity contribution in [2.75, 3.05) is 20.8 Å². The molecule has 0 spiro atoms. The van der Waals surface area contributed by atoms with Crippen LogP contribution in [-0.4, -0.2) is 44.7 Å². The first kappa shape index (κ1) is 15.3. The molecule has 2 rings (SSSR count). The molecule has 2 aliphatic rings. The van der Waals surface area contributed by atoms with E-state index in [1.807, 2.05) is 13.8 Å². The minimum atomic E-state index is -1.31. The van der Waals surface area contributed by atoms with E-state index in [-0.39, 0.29) is 12.0 Å². The molecule has 114 valence electrons. The molecule has 2 atom stereocenters. The minimum Gasteiger partial charge on any atom is -0.468 e. The van der Waals surface area contributed by atoms with Crippen LogP contribution in [0.4, 0.5) is 0 Å². The molecule has 1 saturated heterocycles. The Labute approximate surface area is 118 Å². The molecule has 0 aromatic heterocycles. The molecule has 0 radical (unpaired) electrons. The van der Waals surface area contributed by atoms with Gasteiger partial charge in [-0.15, -0.1) is 0 Å². The highest BCUT2D eigenvalue weighted by Crippen LogP contribution is 2.72. The number of esters is 2. The number of hydrogen-bond acceptors (Lipinski definition) is 6. The number of hydrogen-bond donors (Lipinski definition) is 0. The molecule has 6 nitrogen and oxygen atoms in total. The first-order chi connectivity index (χ1) is 9.15. The topological polar surface area (TPSA) is 71.1 Å². The summed E-state index contributed by atoms with van der Waals surface area (Å²) < 4.78 is 21.0. The third kappa shape index (κ3) is 1.78. The molecule has 20 heavy (non-hydrogen) atoms. The van der Waals surface area contributed by atoms with E-state index in [0.717, 1.165) is 0 Å². The number of rotatable bonds is 3. The van der Waals surface area contributed by atoms with E-state index in [9.17, 15) is 9.59 Å². The van der Waals surface area contributed by atoms with Gasteiger partial charge in [0.05, 0.1) is 26.9 Å². The average Bonchev–Trinajstić information content (AvgIpc) is 2.68. The number of carbonyl (C=O) groups excluding carboxylic acids is 2. The average molecular weight is 286 g/mol.